The van der Waals surface area contributed by atoms with Crippen LogP contribution >= 0.6 is 0 Å². The normalized spacial score (nSPS) is 10.7. The summed E-state index contributed by atoms with van der Waals surface area (Å²) >= 11 is 0. The van der Waals surface area contributed by atoms with Crippen LogP contribution in [-0.4, -0.2) is 23.1 Å². The van der Waals surface area contributed by atoms with Gasteiger partial charge in [0.15, 0.2) is 0 Å². The largest absolute Gasteiger partial charge is 0.488 e. The summed E-state index contributed by atoms with van der Waals surface area (Å²) in [4.78, 5) is 12.3. The van der Waals surface area contributed by atoms with Crippen molar-refractivity contribution >= 4 is 35.6 Å². The number of carbonyl (C=O) groups is 1. The molecule has 0 unspecified atom stereocenters. The van der Waals surface area contributed by atoms with Crippen LogP contribution in [0.15, 0.2) is 89.1 Å². The molecule has 0 aliphatic heterocycles. The van der Waals surface area contributed by atoms with E-state index < -0.39 is 7.12 Å². The van der Waals surface area contributed by atoms with E-state index in [1.807, 2.05) is 30.3 Å². The van der Waals surface area contributed by atoms with E-state index in [2.05, 4.69) is 15.5 Å². The van der Waals surface area contributed by atoms with Crippen molar-refractivity contribution in [2.24, 2.45) is 10.2 Å². The number of nitrogens with one attached hydrogen (secondary N) is 1. The van der Waals surface area contributed by atoms with Crippen LogP contribution in [-0.2, 0) is 0 Å². The molecule has 0 saturated heterocycles. The van der Waals surface area contributed by atoms with E-state index >= 15 is 0 Å². The highest BCUT2D eigenvalue weighted by atomic mass is 16.4. The molecule has 0 aliphatic rings. The van der Waals surface area contributed by atoms with E-state index in [9.17, 15) is 4.79 Å². The Morgan fingerprint density at radius 2 is 1.35 bits per heavy atom. The molecule has 3 N–H and O–H groups in total. The average molecular weight is 345 g/mol. The Labute approximate surface area is 151 Å². The van der Waals surface area contributed by atoms with Crippen LogP contribution in [0, 0.1) is 0 Å². The average Bonchev–Trinajstić information content (AvgIpc) is 2.68. The third kappa shape index (κ3) is 4.63. The molecule has 0 atom stereocenters. The molecule has 0 radical (unpaired) electrons. The number of nitrogens with zero attached hydrogens (tertiary/aromatic N) is 2. The molecule has 0 aliphatic carbocycles. The molecule has 26 heavy (non-hydrogen) atoms. The molecule has 3 rings (SSSR count). The van der Waals surface area contributed by atoms with Crippen LogP contribution in [0.25, 0.3) is 0 Å². The molecule has 6 nitrogen and oxygen atoms in total. The second-order valence-corrected chi connectivity index (χ2v) is 5.53. The standard InChI is InChI=1S/C19H16BN3O3/c24-19(21-16-12-8-15(9-13-16)20(25)26)14-6-10-18(11-7-14)23-22-17-4-2-1-3-5-17/h1-13,25-26H,(H,21,24). The lowest BCUT2D eigenvalue weighted by Crippen LogP contribution is -2.29. The predicted molar refractivity (Wildman–Crippen MR) is 101 cm³/mol. The number of hydrogen-bond acceptors (Lipinski definition) is 5. The molecule has 0 bridgehead atoms. The Bertz CT molecular complexity index is 896. The number of hydrogen-bond donors (Lipinski definition) is 3. The van der Waals surface area contributed by atoms with Crippen LogP contribution in [0.5, 0.6) is 0 Å². The molecule has 0 spiro atoms. The van der Waals surface area contributed by atoms with Crippen LogP contribution in [0.4, 0.5) is 17.1 Å². The summed E-state index contributed by atoms with van der Waals surface area (Å²) in [6.07, 6.45) is 0. The Hall–Kier alpha value is -3.29. The Balaban J connectivity index is 1.64. The first-order chi connectivity index (χ1) is 12.6. The van der Waals surface area contributed by atoms with Gasteiger partial charge in [-0.1, -0.05) is 30.3 Å². The van der Waals surface area contributed by atoms with E-state index in [-0.39, 0.29) is 5.91 Å². The van der Waals surface area contributed by atoms with E-state index in [0.29, 0.717) is 22.4 Å². The van der Waals surface area contributed by atoms with Crippen molar-refractivity contribution in [3.63, 3.8) is 0 Å². The smallest absolute Gasteiger partial charge is 0.423 e. The first kappa shape index (κ1) is 17.5. The van der Waals surface area contributed by atoms with Gasteiger partial charge in [0.2, 0.25) is 0 Å². The number of azo groups is 1. The van der Waals surface area contributed by atoms with Crippen molar-refractivity contribution in [1.29, 1.82) is 0 Å². The second-order valence-electron chi connectivity index (χ2n) is 5.53. The third-order valence-corrected chi connectivity index (χ3v) is 3.63. The van der Waals surface area contributed by atoms with Crippen molar-refractivity contribution < 1.29 is 14.8 Å². The van der Waals surface area contributed by atoms with Gasteiger partial charge in [0.05, 0.1) is 11.4 Å². The van der Waals surface area contributed by atoms with E-state index in [1.54, 1.807) is 36.4 Å². The van der Waals surface area contributed by atoms with Gasteiger partial charge in [-0.25, -0.2) is 0 Å². The second kappa shape index (κ2) is 8.20. The predicted octanol–water partition coefficient (Wildman–Crippen LogP) is 3.03. The molecule has 7 heteroatoms. The first-order valence-corrected chi connectivity index (χ1v) is 7.96. The highest BCUT2D eigenvalue weighted by molar-refractivity contribution is 6.58. The number of rotatable bonds is 5. The number of amides is 1. The van der Waals surface area contributed by atoms with Crippen LogP contribution < -0.4 is 10.8 Å². The summed E-state index contributed by atoms with van der Waals surface area (Å²) in [5.74, 6) is -0.270. The minimum Gasteiger partial charge on any atom is -0.423 e. The van der Waals surface area contributed by atoms with Gasteiger partial charge in [0.1, 0.15) is 0 Å². The number of carbonyl (C=O) groups excluding carboxylic acids is 1. The Morgan fingerprint density at radius 1 is 0.769 bits per heavy atom. The number of benzene rings is 3. The van der Waals surface area contributed by atoms with E-state index in [4.69, 9.17) is 10.0 Å². The van der Waals surface area contributed by atoms with Gasteiger partial charge in [-0.05, 0) is 54.0 Å². The zero-order chi connectivity index (χ0) is 18.4. The van der Waals surface area contributed by atoms with Gasteiger partial charge in [-0.2, -0.15) is 10.2 Å². The zero-order valence-electron chi connectivity index (χ0n) is 13.8. The number of anilines is 1. The van der Waals surface area contributed by atoms with Crippen molar-refractivity contribution in [2.45, 2.75) is 0 Å². The fraction of sp³-hybridized carbons (Fsp3) is 0. The van der Waals surface area contributed by atoms with Crippen molar-refractivity contribution in [3.05, 3.63) is 84.4 Å². The molecular weight excluding hydrogens is 329 g/mol. The quantitative estimate of drug-likeness (QED) is 0.490. The molecule has 3 aromatic rings. The minimum atomic E-state index is -1.53. The minimum absolute atomic E-state index is 0.270. The lowest BCUT2D eigenvalue weighted by atomic mass is 9.80. The van der Waals surface area contributed by atoms with Crippen LogP contribution in [0.3, 0.4) is 0 Å². The fourth-order valence-electron chi connectivity index (χ4n) is 2.23. The van der Waals surface area contributed by atoms with Crippen LogP contribution in [0.1, 0.15) is 10.4 Å². The molecular formula is C19H16BN3O3. The fourth-order valence-corrected chi connectivity index (χ4v) is 2.23. The van der Waals surface area contributed by atoms with Gasteiger partial charge in [-0.15, -0.1) is 0 Å². The molecule has 0 saturated carbocycles. The summed E-state index contributed by atoms with van der Waals surface area (Å²) in [7, 11) is -1.53. The van der Waals surface area contributed by atoms with Crippen molar-refractivity contribution in [3.8, 4) is 0 Å². The monoisotopic (exact) mass is 345 g/mol. The maximum Gasteiger partial charge on any atom is 0.488 e. The van der Waals surface area contributed by atoms with Gasteiger partial charge in [-0.3, -0.25) is 4.79 Å². The van der Waals surface area contributed by atoms with E-state index in [0.717, 1.165) is 5.69 Å². The molecule has 128 valence electrons. The van der Waals surface area contributed by atoms with Gasteiger partial charge in [0.25, 0.3) is 5.91 Å². The highest BCUT2D eigenvalue weighted by Crippen LogP contribution is 2.18. The van der Waals surface area contributed by atoms with Crippen LogP contribution in [0.2, 0.25) is 0 Å². The zero-order valence-corrected chi connectivity index (χ0v) is 13.8. The van der Waals surface area contributed by atoms with Crippen molar-refractivity contribution in [2.75, 3.05) is 5.32 Å². The van der Waals surface area contributed by atoms with Gasteiger partial charge >= 0.3 is 7.12 Å². The summed E-state index contributed by atoms with van der Waals surface area (Å²) < 4.78 is 0. The molecule has 3 aromatic carbocycles. The molecule has 0 aromatic heterocycles. The Kier molecular flexibility index (Phi) is 5.53. The van der Waals surface area contributed by atoms with Crippen molar-refractivity contribution in [1.82, 2.24) is 0 Å². The van der Waals surface area contributed by atoms with Gasteiger partial charge < -0.3 is 15.4 Å². The summed E-state index contributed by atoms with van der Waals surface area (Å²) in [6, 6.07) is 22.4. The Morgan fingerprint density at radius 3 is 1.92 bits per heavy atom. The summed E-state index contributed by atoms with van der Waals surface area (Å²) in [5, 5.41) is 29.1. The lowest BCUT2D eigenvalue weighted by Gasteiger charge is -2.06. The third-order valence-electron chi connectivity index (χ3n) is 3.63. The molecule has 1 amide bonds. The van der Waals surface area contributed by atoms with E-state index in [1.165, 1.54) is 12.1 Å². The summed E-state index contributed by atoms with van der Waals surface area (Å²) in [6.45, 7) is 0. The van der Waals surface area contributed by atoms with Gasteiger partial charge in [0, 0.05) is 11.3 Å². The topological polar surface area (TPSA) is 94.3 Å². The molecule has 0 heterocycles. The molecule has 0 fully saturated rings. The maximum atomic E-state index is 12.3. The lowest BCUT2D eigenvalue weighted by molar-refractivity contribution is 0.102. The highest BCUT2D eigenvalue weighted by Gasteiger charge is 2.11. The maximum absolute atomic E-state index is 12.3. The SMILES string of the molecule is O=C(Nc1ccc(B(O)O)cc1)c1ccc(N=Nc2ccccc2)cc1. The summed E-state index contributed by atoms with van der Waals surface area (Å²) in [5.41, 5.74) is 2.80. The first-order valence-electron chi connectivity index (χ1n) is 7.96.